The number of aryl methyl sites for hydroxylation is 4. The van der Waals surface area contributed by atoms with Crippen molar-refractivity contribution in [1.29, 1.82) is 0 Å². The Bertz CT molecular complexity index is 1520. The molecule has 2 heterocycles. The first-order valence-corrected chi connectivity index (χ1v) is 13.5. The summed E-state index contributed by atoms with van der Waals surface area (Å²) in [5, 5.41) is 0. The van der Waals surface area contributed by atoms with Crippen LogP contribution < -0.4 is 0 Å². The first-order chi connectivity index (χ1) is 17.9. The molecule has 0 spiro atoms. The van der Waals surface area contributed by atoms with Crippen LogP contribution in [0.1, 0.15) is 50.7 Å². The molecular formula is C29H31Br2N5O2. The zero-order valence-electron chi connectivity index (χ0n) is 22.6. The first-order valence-electron chi connectivity index (χ1n) is 11.9. The van der Waals surface area contributed by atoms with E-state index in [1.165, 1.54) is 0 Å². The van der Waals surface area contributed by atoms with E-state index in [0.717, 1.165) is 43.4 Å². The van der Waals surface area contributed by atoms with Gasteiger partial charge in [0.05, 0.1) is 22.8 Å². The van der Waals surface area contributed by atoms with Crippen molar-refractivity contribution in [3.63, 3.8) is 0 Å². The maximum absolute atomic E-state index is 12.4. The minimum absolute atomic E-state index is 0.0363. The van der Waals surface area contributed by atoms with Crippen LogP contribution in [0, 0.1) is 27.7 Å². The maximum atomic E-state index is 12.4. The van der Waals surface area contributed by atoms with E-state index in [-0.39, 0.29) is 11.6 Å². The molecule has 4 rings (SSSR count). The molecule has 0 aliphatic rings. The van der Waals surface area contributed by atoms with Crippen molar-refractivity contribution in [2.45, 2.75) is 34.6 Å². The zero-order valence-corrected chi connectivity index (χ0v) is 25.8. The largest absolute Gasteiger partial charge is 0.383 e. The van der Waals surface area contributed by atoms with E-state index in [4.69, 9.17) is 0 Å². The Labute approximate surface area is 240 Å². The van der Waals surface area contributed by atoms with Crippen LogP contribution in [-0.4, -0.2) is 49.7 Å². The Hall–Kier alpha value is -3.30. The molecular weight excluding hydrogens is 610 g/mol. The van der Waals surface area contributed by atoms with Crippen LogP contribution in [-0.2, 0) is 0 Å². The average Bonchev–Trinajstić information content (AvgIpc) is 3.36. The third-order valence-corrected chi connectivity index (χ3v) is 6.60. The summed E-state index contributed by atoms with van der Waals surface area (Å²) >= 11 is 6.81. The van der Waals surface area contributed by atoms with Crippen molar-refractivity contribution in [3.05, 3.63) is 104 Å². The minimum atomic E-state index is -0.0363. The topological polar surface area (TPSA) is 73.0 Å². The van der Waals surface area contributed by atoms with Gasteiger partial charge in [0.25, 0.3) is 0 Å². The second-order valence-corrected chi connectivity index (χ2v) is 11.0. The number of hydrogen-bond donors (Lipinski definition) is 0. The number of rotatable bonds is 6. The molecule has 0 radical (unpaired) electrons. The first kappa shape index (κ1) is 29.3. The van der Waals surface area contributed by atoms with Crippen molar-refractivity contribution < 1.29 is 9.59 Å². The number of imidazole rings is 2. The molecule has 4 aromatic rings. The Balaban J connectivity index is 0.000000215. The smallest absolute Gasteiger partial charge is 0.189 e. The van der Waals surface area contributed by atoms with Gasteiger partial charge in [-0.25, -0.2) is 9.97 Å². The quantitative estimate of drug-likeness (QED) is 0.168. The molecule has 38 heavy (non-hydrogen) atoms. The number of benzene rings is 2. The third-order valence-electron chi connectivity index (χ3n) is 5.61. The normalized spacial score (nSPS) is 10.9. The summed E-state index contributed by atoms with van der Waals surface area (Å²) in [4.78, 5) is 34.7. The number of Topliss-reactive ketones (excluding diaryl/α,β-unsaturated/α-hetero) is 1. The Morgan fingerprint density at radius 3 is 1.63 bits per heavy atom. The van der Waals surface area contributed by atoms with Crippen LogP contribution in [0.2, 0.25) is 0 Å². The summed E-state index contributed by atoms with van der Waals surface area (Å²) in [7, 11) is 3.77. The van der Waals surface area contributed by atoms with Crippen LogP contribution in [0.5, 0.6) is 0 Å². The summed E-state index contributed by atoms with van der Waals surface area (Å²) in [6.07, 6.45) is 7.19. The lowest BCUT2D eigenvalue weighted by atomic mass is 10.1. The van der Waals surface area contributed by atoms with Gasteiger partial charge in [0.15, 0.2) is 11.6 Å². The van der Waals surface area contributed by atoms with E-state index >= 15 is 0 Å². The molecule has 0 amide bonds. The number of nitrogens with zero attached hydrogens (tertiary/aromatic N) is 5. The highest BCUT2D eigenvalue weighted by Gasteiger charge is 2.14. The fourth-order valence-electron chi connectivity index (χ4n) is 3.95. The van der Waals surface area contributed by atoms with E-state index in [9.17, 15) is 9.59 Å². The van der Waals surface area contributed by atoms with E-state index < -0.39 is 0 Å². The van der Waals surface area contributed by atoms with E-state index in [0.29, 0.717) is 11.1 Å². The second kappa shape index (κ2) is 12.5. The molecule has 0 saturated carbocycles. The van der Waals surface area contributed by atoms with Gasteiger partial charge < -0.3 is 14.0 Å². The molecule has 9 heteroatoms. The van der Waals surface area contributed by atoms with Gasteiger partial charge in [-0.1, -0.05) is 31.9 Å². The molecule has 0 N–H and O–H groups in total. The molecule has 198 valence electrons. The van der Waals surface area contributed by atoms with Gasteiger partial charge in [0.2, 0.25) is 0 Å². The molecule has 0 atom stereocenters. The van der Waals surface area contributed by atoms with Crippen LogP contribution >= 0.6 is 31.9 Å². The molecule has 0 saturated heterocycles. The summed E-state index contributed by atoms with van der Waals surface area (Å²) in [5.74, 6) is 1.76. The lowest BCUT2D eigenvalue weighted by Crippen LogP contribution is -2.07. The molecule has 0 unspecified atom stereocenters. The average molecular weight is 641 g/mol. The SMILES string of the molecule is CC(=O)c1cc(Br)ccc1-n1cc(C)nc1C.Cc1cn(-c2ccc(Br)cc2C(=O)C=CN(C)C)c(C)n1. The highest BCUT2D eigenvalue weighted by Crippen LogP contribution is 2.24. The highest BCUT2D eigenvalue weighted by atomic mass is 79.9. The van der Waals surface area contributed by atoms with Crippen molar-refractivity contribution >= 4 is 43.4 Å². The maximum Gasteiger partial charge on any atom is 0.189 e. The lowest BCUT2D eigenvalue weighted by molar-refractivity contribution is 0.101. The van der Waals surface area contributed by atoms with Crippen molar-refractivity contribution in [2.24, 2.45) is 0 Å². The van der Waals surface area contributed by atoms with Gasteiger partial charge in [-0.3, -0.25) is 9.59 Å². The Morgan fingerprint density at radius 2 is 1.24 bits per heavy atom. The predicted octanol–water partition coefficient (Wildman–Crippen LogP) is 6.96. The molecule has 2 aromatic carbocycles. The number of hydrogen-bond acceptors (Lipinski definition) is 5. The lowest BCUT2D eigenvalue weighted by Gasteiger charge is -2.11. The monoisotopic (exact) mass is 639 g/mol. The molecule has 0 aliphatic carbocycles. The minimum Gasteiger partial charge on any atom is -0.383 e. The number of carbonyl (C=O) groups is 2. The fourth-order valence-corrected chi connectivity index (χ4v) is 4.67. The molecule has 0 bridgehead atoms. The highest BCUT2D eigenvalue weighted by molar-refractivity contribution is 9.10. The summed E-state index contributed by atoms with van der Waals surface area (Å²) in [5.41, 5.74) is 4.92. The number of halogens is 2. The molecule has 2 aromatic heterocycles. The number of allylic oxidation sites excluding steroid dienone is 1. The Morgan fingerprint density at radius 1 is 0.789 bits per heavy atom. The molecule has 0 aliphatic heterocycles. The van der Waals surface area contributed by atoms with E-state index in [1.807, 2.05) is 105 Å². The predicted molar refractivity (Wildman–Crippen MR) is 159 cm³/mol. The second-order valence-electron chi connectivity index (χ2n) is 9.12. The number of carbonyl (C=O) groups excluding carboxylic acids is 2. The standard InChI is InChI=1S/C16H18BrN3O.C13H13BrN2O/c1-11-10-20(12(2)18-11)15-6-5-13(17)9-14(15)16(21)7-8-19(3)4;1-8-7-16(10(3)15-8)13-5-4-11(14)6-12(13)9(2)17/h5-10H,1-4H3;4-7H,1-3H3. The summed E-state index contributed by atoms with van der Waals surface area (Å²) in [6.45, 7) is 9.31. The van der Waals surface area contributed by atoms with Crippen molar-refractivity contribution in [1.82, 2.24) is 24.0 Å². The summed E-state index contributed by atoms with van der Waals surface area (Å²) < 4.78 is 5.67. The zero-order chi connectivity index (χ0) is 28.1. The van der Waals surface area contributed by atoms with E-state index in [2.05, 4.69) is 41.8 Å². The van der Waals surface area contributed by atoms with Crippen LogP contribution in [0.25, 0.3) is 11.4 Å². The van der Waals surface area contributed by atoms with Gasteiger partial charge in [-0.15, -0.1) is 0 Å². The summed E-state index contributed by atoms with van der Waals surface area (Å²) in [6, 6.07) is 11.4. The molecule has 7 nitrogen and oxygen atoms in total. The van der Waals surface area contributed by atoms with Gasteiger partial charge in [0, 0.05) is 58.8 Å². The van der Waals surface area contributed by atoms with Crippen molar-refractivity contribution in [3.8, 4) is 11.4 Å². The van der Waals surface area contributed by atoms with Gasteiger partial charge in [-0.2, -0.15) is 0 Å². The van der Waals surface area contributed by atoms with Crippen LogP contribution in [0.4, 0.5) is 0 Å². The Kier molecular flexibility index (Phi) is 9.62. The third kappa shape index (κ3) is 7.17. The fraction of sp³-hybridized carbons (Fsp3) is 0.241. The number of aromatic nitrogens is 4. The van der Waals surface area contributed by atoms with Gasteiger partial charge in [0.1, 0.15) is 11.6 Å². The van der Waals surface area contributed by atoms with Crippen LogP contribution in [0.15, 0.2) is 70.0 Å². The van der Waals surface area contributed by atoms with Gasteiger partial charge >= 0.3 is 0 Å². The van der Waals surface area contributed by atoms with Crippen molar-refractivity contribution in [2.75, 3.05) is 14.1 Å². The van der Waals surface area contributed by atoms with E-state index in [1.54, 1.807) is 19.2 Å². The molecule has 0 fully saturated rings. The van der Waals surface area contributed by atoms with Crippen LogP contribution in [0.3, 0.4) is 0 Å². The number of ketones is 2. The van der Waals surface area contributed by atoms with Gasteiger partial charge in [-0.05, 0) is 71.0 Å².